The first-order valence-corrected chi connectivity index (χ1v) is 11.7. The number of allylic oxidation sites excluding steroid dienone is 1. The van der Waals surface area contributed by atoms with Crippen molar-refractivity contribution in [3.63, 3.8) is 0 Å². The summed E-state index contributed by atoms with van der Waals surface area (Å²) in [7, 11) is 0. The van der Waals surface area contributed by atoms with Gasteiger partial charge in [0.05, 0.1) is 11.2 Å². The van der Waals surface area contributed by atoms with E-state index in [0.717, 1.165) is 29.5 Å². The van der Waals surface area contributed by atoms with Gasteiger partial charge in [0, 0.05) is 12.1 Å². The van der Waals surface area contributed by atoms with E-state index in [-0.39, 0.29) is 12.4 Å². The van der Waals surface area contributed by atoms with Crippen LogP contribution in [-0.2, 0) is 11.4 Å². The lowest BCUT2D eigenvalue weighted by Gasteiger charge is -2.14. The fraction of sp³-hybridized carbons (Fsp3) is 0.259. The summed E-state index contributed by atoms with van der Waals surface area (Å²) in [5.74, 6) is 0.306. The van der Waals surface area contributed by atoms with Crippen molar-refractivity contribution in [1.29, 1.82) is 0 Å². The first-order chi connectivity index (χ1) is 17.2. The van der Waals surface area contributed by atoms with Crippen LogP contribution in [0.2, 0.25) is 5.02 Å². The van der Waals surface area contributed by atoms with Crippen LogP contribution in [0.4, 0.5) is 8.78 Å². The molecule has 0 fully saturated rings. The van der Waals surface area contributed by atoms with E-state index in [1.807, 2.05) is 19.9 Å². The number of rotatable bonds is 12. The molecule has 0 saturated carbocycles. The molecule has 1 N–H and O–H groups in total. The lowest BCUT2D eigenvalue weighted by atomic mass is 9.98. The number of halogens is 3. The zero-order valence-electron chi connectivity index (χ0n) is 19.8. The highest BCUT2D eigenvalue weighted by atomic mass is 35.5. The Labute approximate surface area is 213 Å². The van der Waals surface area contributed by atoms with Gasteiger partial charge in [-0.15, -0.1) is 0 Å². The van der Waals surface area contributed by atoms with Crippen LogP contribution in [0.1, 0.15) is 42.9 Å². The highest BCUT2D eigenvalue weighted by Crippen LogP contribution is 2.36. The Morgan fingerprint density at radius 3 is 2.44 bits per heavy atom. The number of alkyl halides is 2. The van der Waals surface area contributed by atoms with E-state index in [0.29, 0.717) is 34.4 Å². The molecule has 2 aromatic carbocycles. The van der Waals surface area contributed by atoms with Crippen LogP contribution in [0.25, 0.3) is 5.57 Å². The minimum absolute atomic E-state index is 0.0778. The average molecular weight is 518 g/mol. The van der Waals surface area contributed by atoms with Crippen LogP contribution in [0, 0.1) is 6.92 Å². The molecule has 0 radical (unpaired) electrons. The number of carbonyl (C=O) groups is 1. The number of nitrogens with zero attached hydrogens (tertiary/aromatic N) is 1. The second-order valence-electron chi connectivity index (χ2n) is 7.96. The average Bonchev–Trinajstić information content (AvgIpc) is 2.83. The van der Waals surface area contributed by atoms with Crippen molar-refractivity contribution >= 4 is 23.1 Å². The molecule has 3 aromatic rings. The Bertz CT molecular complexity index is 1170. The zero-order chi connectivity index (χ0) is 26.1. The maximum Gasteiger partial charge on any atom is 0.387 e. The molecule has 0 atom stereocenters. The molecule has 6 nitrogen and oxygen atoms in total. The molecule has 0 aliphatic rings. The fourth-order valence-electron chi connectivity index (χ4n) is 3.41. The van der Waals surface area contributed by atoms with E-state index in [1.54, 1.807) is 30.3 Å². The van der Waals surface area contributed by atoms with Crippen LogP contribution >= 0.6 is 11.6 Å². The number of hydrogen-bond acceptors (Lipinski definition) is 5. The van der Waals surface area contributed by atoms with Gasteiger partial charge < -0.3 is 19.3 Å². The summed E-state index contributed by atoms with van der Waals surface area (Å²) in [6, 6.07) is 13.0. The summed E-state index contributed by atoms with van der Waals surface area (Å²) in [5.41, 5.74) is 2.96. The molecule has 0 aliphatic heterocycles. The molecule has 1 aromatic heterocycles. The summed E-state index contributed by atoms with van der Waals surface area (Å²) in [4.78, 5) is 15.5. The normalized spacial score (nSPS) is 11.4. The van der Waals surface area contributed by atoms with Gasteiger partial charge in [0.15, 0.2) is 5.75 Å². The van der Waals surface area contributed by atoms with Gasteiger partial charge in [-0.25, -0.2) is 9.78 Å². The number of carboxylic acid groups (broad SMARTS) is 1. The molecule has 9 heteroatoms. The molecule has 0 spiro atoms. The van der Waals surface area contributed by atoms with Crippen LogP contribution < -0.4 is 14.2 Å². The van der Waals surface area contributed by atoms with Crippen molar-refractivity contribution in [3.05, 3.63) is 82.5 Å². The van der Waals surface area contributed by atoms with E-state index in [9.17, 15) is 18.7 Å². The Hall–Kier alpha value is -3.65. The Balaban J connectivity index is 1.65. The van der Waals surface area contributed by atoms with Crippen molar-refractivity contribution in [1.82, 2.24) is 4.98 Å². The van der Waals surface area contributed by atoms with Gasteiger partial charge in [0.1, 0.15) is 18.1 Å². The fourth-order valence-corrected chi connectivity index (χ4v) is 3.72. The van der Waals surface area contributed by atoms with Crippen molar-refractivity contribution < 1.29 is 32.9 Å². The standard InChI is InChI=1S/C27H26ClF2NO5/c1-3-4-5-19(14-25(32)33)20-12-17(2)26(23(28)13-20)36-24-11-10-22(15-31-24)34-16-18-6-8-21(9-7-18)35-27(29)30/h6-15,27H,3-5,16H2,1-2H3,(H,32,33)/b19-14+. The molecule has 36 heavy (non-hydrogen) atoms. The number of aromatic nitrogens is 1. The maximum atomic E-state index is 12.2. The monoisotopic (exact) mass is 517 g/mol. The van der Waals surface area contributed by atoms with E-state index >= 15 is 0 Å². The summed E-state index contributed by atoms with van der Waals surface area (Å²) in [6.45, 7) is 1.22. The minimum Gasteiger partial charge on any atom is -0.487 e. The van der Waals surface area contributed by atoms with Gasteiger partial charge in [0.2, 0.25) is 5.88 Å². The minimum atomic E-state index is -2.87. The zero-order valence-corrected chi connectivity index (χ0v) is 20.6. The summed E-state index contributed by atoms with van der Waals surface area (Å²) < 4.78 is 40.4. The molecule has 0 bridgehead atoms. The van der Waals surface area contributed by atoms with Crippen LogP contribution in [0.3, 0.4) is 0 Å². The Morgan fingerprint density at radius 2 is 1.86 bits per heavy atom. The number of hydrogen-bond donors (Lipinski definition) is 1. The number of aliphatic carboxylic acids is 1. The number of benzene rings is 2. The third-order valence-corrected chi connectivity index (χ3v) is 5.45. The number of ether oxygens (including phenoxy) is 3. The van der Waals surface area contributed by atoms with Crippen molar-refractivity contribution in [2.24, 2.45) is 0 Å². The second kappa shape index (κ2) is 12.9. The SMILES string of the molecule is CCCC/C(=C\C(=O)O)c1cc(C)c(Oc2ccc(OCc3ccc(OC(F)F)cc3)cn2)c(Cl)c1. The van der Waals surface area contributed by atoms with E-state index in [2.05, 4.69) is 9.72 Å². The van der Waals surface area contributed by atoms with E-state index < -0.39 is 12.6 Å². The van der Waals surface area contributed by atoms with Gasteiger partial charge in [-0.05, 0) is 72.4 Å². The number of pyridine rings is 1. The highest BCUT2D eigenvalue weighted by Gasteiger charge is 2.13. The molecule has 1 heterocycles. The molecular weight excluding hydrogens is 492 g/mol. The van der Waals surface area contributed by atoms with Crippen LogP contribution in [0.5, 0.6) is 23.1 Å². The number of aryl methyl sites for hydroxylation is 1. The van der Waals surface area contributed by atoms with Gasteiger partial charge >= 0.3 is 12.6 Å². The van der Waals surface area contributed by atoms with Gasteiger partial charge in [-0.3, -0.25) is 0 Å². The first-order valence-electron chi connectivity index (χ1n) is 11.3. The van der Waals surface area contributed by atoms with Gasteiger partial charge in [-0.1, -0.05) is 37.1 Å². The number of unbranched alkanes of at least 4 members (excludes halogenated alkanes) is 1. The summed E-state index contributed by atoms with van der Waals surface area (Å²) in [6.07, 6.45) is 5.16. The quantitative estimate of drug-likeness (QED) is 0.248. The molecule has 190 valence electrons. The third-order valence-electron chi connectivity index (χ3n) is 5.17. The first kappa shape index (κ1) is 26.9. The molecule has 0 unspecified atom stereocenters. The van der Waals surface area contributed by atoms with Crippen molar-refractivity contribution in [2.75, 3.05) is 0 Å². The smallest absolute Gasteiger partial charge is 0.387 e. The van der Waals surface area contributed by atoms with Crippen LogP contribution in [0.15, 0.2) is 60.8 Å². The van der Waals surface area contributed by atoms with E-state index in [4.69, 9.17) is 21.1 Å². The summed E-state index contributed by atoms with van der Waals surface area (Å²) >= 11 is 6.48. The topological polar surface area (TPSA) is 77.9 Å². The lowest BCUT2D eigenvalue weighted by molar-refractivity contribution is -0.131. The predicted molar refractivity (Wildman–Crippen MR) is 133 cm³/mol. The van der Waals surface area contributed by atoms with Crippen LogP contribution in [-0.4, -0.2) is 22.7 Å². The molecule has 3 rings (SSSR count). The van der Waals surface area contributed by atoms with Gasteiger partial charge in [0.25, 0.3) is 0 Å². The molecular formula is C27H26ClF2NO5. The highest BCUT2D eigenvalue weighted by molar-refractivity contribution is 6.32. The lowest BCUT2D eigenvalue weighted by Crippen LogP contribution is -2.02. The van der Waals surface area contributed by atoms with Crippen molar-refractivity contribution in [2.45, 2.75) is 46.3 Å². The third kappa shape index (κ3) is 7.95. The Kier molecular flexibility index (Phi) is 9.64. The number of carboxylic acids is 1. The molecule has 0 aliphatic carbocycles. The van der Waals surface area contributed by atoms with Gasteiger partial charge in [-0.2, -0.15) is 8.78 Å². The summed E-state index contributed by atoms with van der Waals surface area (Å²) in [5, 5.41) is 9.56. The molecule has 0 amide bonds. The largest absolute Gasteiger partial charge is 0.487 e. The predicted octanol–water partition coefficient (Wildman–Crippen LogP) is 7.67. The van der Waals surface area contributed by atoms with E-state index in [1.165, 1.54) is 24.4 Å². The second-order valence-corrected chi connectivity index (χ2v) is 8.37. The Morgan fingerprint density at radius 1 is 1.14 bits per heavy atom. The molecule has 0 saturated heterocycles. The van der Waals surface area contributed by atoms with Crippen molar-refractivity contribution in [3.8, 4) is 23.1 Å². The maximum absolute atomic E-state index is 12.2.